The number of hydrogen-bond donors (Lipinski definition) is 1. The van der Waals surface area contributed by atoms with Crippen molar-refractivity contribution in [3.8, 4) is 5.75 Å². The van der Waals surface area contributed by atoms with Crippen LogP contribution in [-0.2, 0) is 22.4 Å². The number of anilines is 1. The van der Waals surface area contributed by atoms with E-state index in [1.54, 1.807) is 13.4 Å². The average molecular weight is 396 g/mol. The van der Waals surface area contributed by atoms with Gasteiger partial charge in [-0.05, 0) is 43.4 Å². The van der Waals surface area contributed by atoms with E-state index in [9.17, 15) is 4.79 Å². The van der Waals surface area contributed by atoms with Crippen LogP contribution in [0.5, 0.6) is 5.75 Å². The molecule has 4 rings (SSSR count). The number of ether oxygens (including phenoxy) is 2. The van der Waals surface area contributed by atoms with Crippen LogP contribution in [-0.4, -0.2) is 54.8 Å². The lowest BCUT2D eigenvalue weighted by molar-refractivity contribution is -0.120. The SMILES string of the molecule is CO[C@@H]1C[C@H](CNC(=O)Cc2ccc3c(c2)CCCO3)N(c2cc(C)ncn2)C1. The van der Waals surface area contributed by atoms with Crippen molar-refractivity contribution in [2.45, 2.75) is 44.8 Å². The van der Waals surface area contributed by atoms with Gasteiger partial charge in [0.2, 0.25) is 5.91 Å². The summed E-state index contributed by atoms with van der Waals surface area (Å²) in [5, 5.41) is 3.10. The minimum atomic E-state index is 0.0290. The number of methoxy groups -OCH3 is 1. The van der Waals surface area contributed by atoms with E-state index < -0.39 is 0 Å². The molecule has 2 atom stereocenters. The summed E-state index contributed by atoms with van der Waals surface area (Å²) in [6, 6.07) is 8.19. The number of hydrogen-bond acceptors (Lipinski definition) is 6. The van der Waals surface area contributed by atoms with E-state index in [0.717, 1.165) is 55.2 Å². The topological polar surface area (TPSA) is 76.6 Å². The van der Waals surface area contributed by atoms with Gasteiger partial charge in [-0.15, -0.1) is 0 Å². The highest BCUT2D eigenvalue weighted by atomic mass is 16.5. The molecule has 7 nitrogen and oxygen atoms in total. The second-order valence-corrected chi connectivity index (χ2v) is 7.79. The number of rotatable bonds is 6. The molecular weight excluding hydrogens is 368 g/mol. The Balaban J connectivity index is 1.37. The minimum absolute atomic E-state index is 0.0290. The predicted octanol–water partition coefficient (Wildman–Crippen LogP) is 2.06. The molecule has 29 heavy (non-hydrogen) atoms. The lowest BCUT2D eigenvalue weighted by Crippen LogP contribution is -2.41. The molecule has 0 spiro atoms. The monoisotopic (exact) mass is 396 g/mol. The number of aromatic nitrogens is 2. The van der Waals surface area contributed by atoms with Crippen molar-refractivity contribution in [2.75, 3.05) is 31.7 Å². The molecule has 2 aromatic rings. The molecule has 1 fully saturated rings. The van der Waals surface area contributed by atoms with Crippen LogP contribution in [0.1, 0.15) is 29.7 Å². The Bertz CT molecular complexity index is 873. The molecule has 2 aliphatic rings. The van der Waals surface area contributed by atoms with Crippen LogP contribution >= 0.6 is 0 Å². The van der Waals surface area contributed by atoms with Crippen molar-refractivity contribution >= 4 is 11.7 Å². The van der Waals surface area contributed by atoms with E-state index >= 15 is 0 Å². The van der Waals surface area contributed by atoms with Gasteiger partial charge in [-0.1, -0.05) is 12.1 Å². The van der Waals surface area contributed by atoms with Gasteiger partial charge in [-0.2, -0.15) is 0 Å². The van der Waals surface area contributed by atoms with Crippen LogP contribution < -0.4 is 15.0 Å². The van der Waals surface area contributed by atoms with Gasteiger partial charge in [0.05, 0.1) is 25.2 Å². The van der Waals surface area contributed by atoms with E-state index in [4.69, 9.17) is 9.47 Å². The predicted molar refractivity (Wildman–Crippen MR) is 110 cm³/mol. The number of fused-ring (bicyclic) bond motifs is 1. The van der Waals surface area contributed by atoms with Crippen LogP contribution in [0.15, 0.2) is 30.6 Å². The van der Waals surface area contributed by atoms with Crippen LogP contribution in [0.3, 0.4) is 0 Å². The van der Waals surface area contributed by atoms with Gasteiger partial charge >= 0.3 is 0 Å². The van der Waals surface area contributed by atoms with Gasteiger partial charge in [0.15, 0.2) is 0 Å². The summed E-state index contributed by atoms with van der Waals surface area (Å²) >= 11 is 0. The highest BCUT2D eigenvalue weighted by Gasteiger charge is 2.33. The first-order valence-electron chi connectivity index (χ1n) is 10.2. The first kappa shape index (κ1) is 19.6. The summed E-state index contributed by atoms with van der Waals surface area (Å²) in [7, 11) is 1.73. The lowest BCUT2D eigenvalue weighted by atomic mass is 10.0. The second-order valence-electron chi connectivity index (χ2n) is 7.79. The summed E-state index contributed by atoms with van der Waals surface area (Å²) in [6.07, 6.45) is 4.99. The smallest absolute Gasteiger partial charge is 0.224 e. The number of amides is 1. The lowest BCUT2D eigenvalue weighted by Gasteiger charge is -2.25. The van der Waals surface area contributed by atoms with Crippen molar-refractivity contribution in [3.05, 3.63) is 47.4 Å². The standard InChI is InChI=1S/C22H28N4O3/c1-15-8-21(25-14-24-15)26-13-19(28-2)11-18(26)12-23-22(27)10-16-5-6-20-17(9-16)4-3-7-29-20/h5-6,8-9,14,18-19H,3-4,7,10-13H2,1-2H3,(H,23,27)/t18-,19-/m1/s1. The number of nitrogens with zero attached hydrogens (tertiary/aromatic N) is 3. The van der Waals surface area contributed by atoms with Gasteiger partial charge in [0.25, 0.3) is 0 Å². The molecule has 0 aliphatic carbocycles. The van der Waals surface area contributed by atoms with Crippen molar-refractivity contribution in [1.82, 2.24) is 15.3 Å². The summed E-state index contributed by atoms with van der Waals surface area (Å²) in [4.78, 5) is 23.4. The molecule has 1 N–H and O–H groups in total. The summed E-state index contributed by atoms with van der Waals surface area (Å²) in [5.74, 6) is 1.86. The maximum atomic E-state index is 12.6. The molecule has 0 bridgehead atoms. The third kappa shape index (κ3) is 4.67. The van der Waals surface area contributed by atoms with Crippen molar-refractivity contribution in [1.29, 1.82) is 0 Å². The Hall–Kier alpha value is -2.67. The van der Waals surface area contributed by atoms with Crippen molar-refractivity contribution < 1.29 is 14.3 Å². The zero-order valence-corrected chi connectivity index (χ0v) is 17.1. The van der Waals surface area contributed by atoms with E-state index in [1.807, 2.05) is 25.1 Å². The van der Waals surface area contributed by atoms with Gasteiger partial charge in [0, 0.05) is 32.0 Å². The van der Waals surface area contributed by atoms with Crippen molar-refractivity contribution in [2.24, 2.45) is 0 Å². The molecule has 3 heterocycles. The zero-order chi connectivity index (χ0) is 20.2. The third-order valence-electron chi connectivity index (χ3n) is 5.67. The third-order valence-corrected chi connectivity index (χ3v) is 5.67. The Morgan fingerprint density at radius 2 is 2.24 bits per heavy atom. The molecule has 1 amide bonds. The van der Waals surface area contributed by atoms with Gasteiger partial charge < -0.3 is 19.7 Å². The quantitative estimate of drug-likeness (QED) is 0.806. The Morgan fingerprint density at radius 3 is 3.07 bits per heavy atom. The number of benzene rings is 1. The second kappa shape index (κ2) is 8.78. The fourth-order valence-corrected chi connectivity index (χ4v) is 4.12. The van der Waals surface area contributed by atoms with E-state index in [1.165, 1.54) is 5.56 Å². The Labute approximate surface area is 171 Å². The van der Waals surface area contributed by atoms with E-state index in [0.29, 0.717) is 13.0 Å². The minimum Gasteiger partial charge on any atom is -0.493 e. The van der Waals surface area contributed by atoms with E-state index in [-0.39, 0.29) is 18.1 Å². The molecule has 1 aromatic heterocycles. The average Bonchev–Trinajstić information content (AvgIpc) is 3.16. The van der Waals surface area contributed by atoms with Gasteiger partial charge in [0.1, 0.15) is 17.9 Å². The summed E-state index contributed by atoms with van der Waals surface area (Å²) in [5.41, 5.74) is 3.15. The molecule has 1 aromatic carbocycles. The van der Waals surface area contributed by atoms with Gasteiger partial charge in [-0.3, -0.25) is 4.79 Å². The van der Waals surface area contributed by atoms with Crippen LogP contribution in [0.2, 0.25) is 0 Å². The molecular formula is C22H28N4O3. The molecule has 154 valence electrons. The van der Waals surface area contributed by atoms with Crippen LogP contribution in [0, 0.1) is 6.92 Å². The van der Waals surface area contributed by atoms with Gasteiger partial charge in [-0.25, -0.2) is 9.97 Å². The highest BCUT2D eigenvalue weighted by molar-refractivity contribution is 5.78. The zero-order valence-electron chi connectivity index (χ0n) is 17.1. The van der Waals surface area contributed by atoms with E-state index in [2.05, 4.69) is 26.3 Å². The maximum Gasteiger partial charge on any atom is 0.224 e. The first-order valence-corrected chi connectivity index (χ1v) is 10.2. The fraction of sp³-hybridized carbons (Fsp3) is 0.500. The normalized spacial score (nSPS) is 20.8. The van der Waals surface area contributed by atoms with Crippen LogP contribution in [0.25, 0.3) is 0 Å². The molecule has 7 heteroatoms. The molecule has 0 unspecified atom stereocenters. The van der Waals surface area contributed by atoms with Crippen molar-refractivity contribution in [3.63, 3.8) is 0 Å². The highest BCUT2D eigenvalue weighted by Crippen LogP contribution is 2.27. The molecule has 0 radical (unpaired) electrons. The fourth-order valence-electron chi connectivity index (χ4n) is 4.12. The number of carbonyl (C=O) groups is 1. The molecule has 1 saturated heterocycles. The largest absolute Gasteiger partial charge is 0.493 e. The maximum absolute atomic E-state index is 12.6. The van der Waals surface area contributed by atoms with Crippen LogP contribution in [0.4, 0.5) is 5.82 Å². The Morgan fingerprint density at radius 1 is 1.34 bits per heavy atom. The number of aryl methyl sites for hydroxylation is 2. The molecule has 2 aliphatic heterocycles. The number of carbonyl (C=O) groups excluding carboxylic acids is 1. The number of nitrogens with one attached hydrogen (secondary N) is 1. The Kier molecular flexibility index (Phi) is 5.94. The summed E-state index contributed by atoms with van der Waals surface area (Å²) < 4.78 is 11.2. The summed E-state index contributed by atoms with van der Waals surface area (Å²) in [6.45, 7) is 4.06. The molecule has 0 saturated carbocycles. The first-order chi connectivity index (χ1) is 14.1.